The van der Waals surface area contributed by atoms with Gasteiger partial charge in [-0.15, -0.1) is 0 Å². The van der Waals surface area contributed by atoms with E-state index in [1.807, 2.05) is 0 Å². The van der Waals surface area contributed by atoms with Gasteiger partial charge < -0.3 is 9.64 Å². The van der Waals surface area contributed by atoms with E-state index in [9.17, 15) is 18.0 Å². The third-order valence-electron chi connectivity index (χ3n) is 1.91. The number of amides is 1. The molecule has 0 bridgehead atoms. The number of nitrogens with one attached hydrogen (secondary N) is 1. The van der Waals surface area contributed by atoms with E-state index < -0.39 is 11.4 Å². The van der Waals surface area contributed by atoms with E-state index in [1.165, 1.54) is 30.6 Å². The van der Waals surface area contributed by atoms with Crippen molar-refractivity contribution >= 4 is 24.0 Å². The number of carbonyl (C=O) groups excluding carboxylic acids is 1. The summed E-state index contributed by atoms with van der Waals surface area (Å²) in [5.41, 5.74) is -2.09. The fourth-order valence-electron chi connectivity index (χ4n) is 1.14. The zero-order valence-electron chi connectivity index (χ0n) is 11.3. The van der Waals surface area contributed by atoms with Gasteiger partial charge >= 0.3 is 5.51 Å². The Hall–Kier alpha value is -1.90. The molecule has 0 radical (unpaired) electrons. The third-order valence-corrected chi connectivity index (χ3v) is 2.64. The van der Waals surface area contributed by atoms with Gasteiger partial charge in [-0.05, 0) is 36.0 Å². The SMILES string of the molecule is CN(C)/C=N/NC(=O)COc1ccc(SC(F)(F)F)cc1. The molecule has 1 aromatic rings. The molecule has 0 spiro atoms. The van der Waals surface area contributed by atoms with Crippen LogP contribution in [0.25, 0.3) is 0 Å². The van der Waals surface area contributed by atoms with Gasteiger partial charge in [0, 0.05) is 19.0 Å². The van der Waals surface area contributed by atoms with E-state index in [1.54, 1.807) is 19.0 Å². The number of ether oxygens (including phenoxy) is 1. The van der Waals surface area contributed by atoms with Gasteiger partial charge in [0.05, 0.1) is 0 Å². The first-order chi connectivity index (χ1) is 9.76. The number of hydrogen-bond acceptors (Lipinski definition) is 4. The molecule has 0 saturated carbocycles. The molecule has 0 aromatic heterocycles. The molecule has 0 unspecified atom stereocenters. The van der Waals surface area contributed by atoms with Crippen molar-refractivity contribution in [2.45, 2.75) is 10.4 Å². The Balaban J connectivity index is 2.40. The van der Waals surface area contributed by atoms with Crippen LogP contribution in [-0.2, 0) is 4.79 Å². The second-order valence-corrected chi connectivity index (χ2v) is 5.19. The van der Waals surface area contributed by atoms with E-state index in [-0.39, 0.29) is 23.3 Å². The molecule has 0 aliphatic carbocycles. The maximum atomic E-state index is 12.1. The summed E-state index contributed by atoms with van der Waals surface area (Å²) in [6, 6.07) is 5.28. The van der Waals surface area contributed by atoms with Gasteiger partial charge in [-0.3, -0.25) is 4.79 Å². The lowest BCUT2D eigenvalue weighted by atomic mass is 10.3. The highest BCUT2D eigenvalue weighted by molar-refractivity contribution is 8.00. The maximum Gasteiger partial charge on any atom is 0.446 e. The van der Waals surface area contributed by atoms with Crippen LogP contribution in [0.15, 0.2) is 34.3 Å². The molecule has 1 rings (SSSR count). The molecule has 1 N–H and O–H groups in total. The number of nitrogens with zero attached hydrogens (tertiary/aromatic N) is 2. The maximum absolute atomic E-state index is 12.1. The number of thioether (sulfide) groups is 1. The summed E-state index contributed by atoms with van der Waals surface area (Å²) in [6.07, 6.45) is 1.40. The monoisotopic (exact) mass is 321 g/mol. The smallest absolute Gasteiger partial charge is 0.446 e. The molecular weight excluding hydrogens is 307 g/mol. The van der Waals surface area contributed by atoms with Crippen LogP contribution < -0.4 is 10.2 Å². The number of hydrogen-bond donors (Lipinski definition) is 1. The van der Waals surface area contributed by atoms with Crippen molar-refractivity contribution in [2.24, 2.45) is 5.10 Å². The minimum absolute atomic E-state index is 0.0508. The molecule has 0 saturated heterocycles. The molecule has 0 aliphatic heterocycles. The van der Waals surface area contributed by atoms with Gasteiger partial charge in [0.1, 0.15) is 12.1 Å². The number of hydrazone groups is 1. The Morgan fingerprint density at radius 2 is 2.00 bits per heavy atom. The van der Waals surface area contributed by atoms with E-state index in [0.29, 0.717) is 5.75 Å². The lowest BCUT2D eigenvalue weighted by Crippen LogP contribution is -2.25. The fourth-order valence-corrected chi connectivity index (χ4v) is 1.67. The third kappa shape index (κ3) is 8.08. The highest BCUT2D eigenvalue weighted by Crippen LogP contribution is 2.37. The van der Waals surface area contributed by atoms with Crippen LogP contribution in [-0.4, -0.2) is 43.4 Å². The summed E-state index contributed by atoms with van der Waals surface area (Å²) < 4.78 is 41.5. The van der Waals surface area contributed by atoms with E-state index >= 15 is 0 Å². The Morgan fingerprint density at radius 1 is 1.38 bits per heavy atom. The Morgan fingerprint density at radius 3 is 2.52 bits per heavy atom. The van der Waals surface area contributed by atoms with Crippen molar-refractivity contribution in [2.75, 3.05) is 20.7 Å². The predicted molar refractivity (Wildman–Crippen MR) is 74.2 cm³/mol. The number of carbonyl (C=O) groups is 1. The lowest BCUT2D eigenvalue weighted by molar-refractivity contribution is -0.123. The topological polar surface area (TPSA) is 53.9 Å². The number of rotatable bonds is 6. The molecule has 1 aromatic carbocycles. The molecule has 0 fully saturated rings. The summed E-state index contributed by atoms with van der Waals surface area (Å²) in [7, 11) is 3.49. The van der Waals surface area contributed by atoms with Gasteiger partial charge in [-0.1, -0.05) is 0 Å². The highest BCUT2D eigenvalue weighted by Gasteiger charge is 2.29. The largest absolute Gasteiger partial charge is 0.484 e. The molecular formula is C12H14F3N3O2S. The van der Waals surface area contributed by atoms with Crippen LogP contribution in [0, 0.1) is 0 Å². The quantitative estimate of drug-likeness (QED) is 0.378. The second kappa shape index (κ2) is 7.77. The Bertz CT molecular complexity index is 490. The van der Waals surface area contributed by atoms with Crippen LogP contribution >= 0.6 is 11.8 Å². The van der Waals surface area contributed by atoms with Crippen molar-refractivity contribution in [3.63, 3.8) is 0 Å². The summed E-state index contributed by atoms with van der Waals surface area (Å²) >= 11 is -0.211. The number of halogens is 3. The van der Waals surface area contributed by atoms with Gasteiger partial charge in [0.2, 0.25) is 0 Å². The molecule has 0 atom stereocenters. The average molecular weight is 321 g/mol. The molecule has 9 heteroatoms. The number of alkyl halides is 3. The van der Waals surface area contributed by atoms with Crippen molar-refractivity contribution in [3.05, 3.63) is 24.3 Å². The van der Waals surface area contributed by atoms with Crippen molar-refractivity contribution in [1.82, 2.24) is 10.3 Å². The molecule has 0 aliphatic rings. The first-order valence-corrected chi connectivity index (χ1v) is 6.55. The van der Waals surface area contributed by atoms with E-state index in [0.717, 1.165) is 0 Å². The molecule has 5 nitrogen and oxygen atoms in total. The molecule has 116 valence electrons. The normalized spacial score (nSPS) is 11.5. The van der Waals surface area contributed by atoms with Crippen LogP contribution in [0.1, 0.15) is 0 Å². The van der Waals surface area contributed by atoms with E-state index in [4.69, 9.17) is 4.74 Å². The van der Waals surface area contributed by atoms with Gasteiger partial charge in [0.15, 0.2) is 6.61 Å². The summed E-state index contributed by atoms with van der Waals surface area (Å²) in [4.78, 5) is 13.0. The zero-order valence-corrected chi connectivity index (χ0v) is 12.2. The average Bonchev–Trinajstić information content (AvgIpc) is 2.35. The Labute approximate surface area is 124 Å². The van der Waals surface area contributed by atoms with Gasteiger partial charge in [-0.2, -0.15) is 18.3 Å². The van der Waals surface area contributed by atoms with Crippen molar-refractivity contribution < 1.29 is 22.7 Å². The molecule has 1 amide bonds. The summed E-state index contributed by atoms with van der Waals surface area (Å²) in [5, 5.41) is 3.63. The fraction of sp³-hybridized carbons (Fsp3) is 0.333. The second-order valence-electron chi connectivity index (χ2n) is 4.05. The highest BCUT2D eigenvalue weighted by atomic mass is 32.2. The lowest BCUT2D eigenvalue weighted by Gasteiger charge is -2.08. The Kier molecular flexibility index (Phi) is 6.35. The first-order valence-electron chi connectivity index (χ1n) is 5.73. The first kappa shape index (κ1) is 17.2. The number of benzene rings is 1. The molecule has 0 heterocycles. The van der Waals surface area contributed by atoms with Crippen LogP contribution in [0.2, 0.25) is 0 Å². The van der Waals surface area contributed by atoms with Crippen LogP contribution in [0.5, 0.6) is 5.75 Å². The van der Waals surface area contributed by atoms with Crippen molar-refractivity contribution in [3.8, 4) is 5.75 Å². The zero-order chi connectivity index (χ0) is 15.9. The van der Waals surface area contributed by atoms with Crippen molar-refractivity contribution in [1.29, 1.82) is 0 Å². The van der Waals surface area contributed by atoms with Gasteiger partial charge in [0.25, 0.3) is 5.91 Å². The molecule has 21 heavy (non-hydrogen) atoms. The van der Waals surface area contributed by atoms with E-state index in [2.05, 4.69) is 10.5 Å². The predicted octanol–water partition coefficient (Wildman–Crippen LogP) is 2.30. The summed E-state index contributed by atoms with van der Waals surface area (Å²) in [6.45, 7) is -0.281. The minimum atomic E-state index is -4.33. The van der Waals surface area contributed by atoms with Crippen LogP contribution in [0.4, 0.5) is 13.2 Å². The summed E-state index contributed by atoms with van der Waals surface area (Å²) in [5.74, 6) is -0.171. The minimum Gasteiger partial charge on any atom is -0.484 e. The standard InChI is InChI=1S/C12H14F3N3O2S/c1-18(2)8-16-17-11(19)7-20-9-3-5-10(6-4-9)21-12(13,14)15/h3-6,8H,7H2,1-2H3,(H,17,19)/b16-8+. The van der Waals surface area contributed by atoms with Gasteiger partial charge in [-0.25, -0.2) is 5.43 Å². The van der Waals surface area contributed by atoms with Crippen LogP contribution in [0.3, 0.4) is 0 Å².